The van der Waals surface area contributed by atoms with Crippen LogP contribution < -0.4 is 14.2 Å². The first-order chi connectivity index (χ1) is 16.8. The minimum atomic E-state index is -1.33. The van der Waals surface area contributed by atoms with E-state index in [0.29, 0.717) is 35.7 Å². The van der Waals surface area contributed by atoms with Crippen molar-refractivity contribution in [3.8, 4) is 23.0 Å². The number of benzene rings is 2. The summed E-state index contributed by atoms with van der Waals surface area (Å²) in [6, 6.07) is 10.4. The number of aryl methyl sites for hydroxylation is 1. The maximum absolute atomic E-state index is 10.1. The predicted octanol–water partition coefficient (Wildman–Crippen LogP) is 1.05. The highest BCUT2D eigenvalue weighted by molar-refractivity contribution is 5.47. The third-order valence-electron chi connectivity index (χ3n) is 6.29. The molecule has 35 heavy (non-hydrogen) atoms. The lowest BCUT2D eigenvalue weighted by atomic mass is 10.00. The van der Waals surface area contributed by atoms with Gasteiger partial charge in [0.15, 0.2) is 41.5 Å². The van der Waals surface area contributed by atoms with Crippen LogP contribution in [-0.4, -0.2) is 82.7 Å². The molecule has 1 fully saturated rings. The summed E-state index contributed by atoms with van der Waals surface area (Å²) in [7, 11) is 1.46. The smallest absolute Gasteiger partial charge is 0.186 e. The van der Waals surface area contributed by atoms with Gasteiger partial charge in [0, 0.05) is 5.56 Å². The molecule has 10 heteroatoms. The number of aromatic hydroxyl groups is 1. The minimum absolute atomic E-state index is 0.00437. The van der Waals surface area contributed by atoms with E-state index in [4.69, 9.17) is 23.7 Å². The van der Waals surface area contributed by atoms with E-state index < -0.39 is 42.9 Å². The van der Waals surface area contributed by atoms with Crippen LogP contribution in [0.4, 0.5) is 0 Å². The molecule has 2 aliphatic heterocycles. The molecule has 5 N–H and O–H groups in total. The van der Waals surface area contributed by atoms with E-state index in [0.717, 1.165) is 5.56 Å². The number of aliphatic hydroxyl groups is 4. The molecule has 7 atom stereocenters. The van der Waals surface area contributed by atoms with Crippen molar-refractivity contribution in [2.45, 2.75) is 62.7 Å². The van der Waals surface area contributed by atoms with E-state index in [1.807, 2.05) is 12.1 Å². The van der Waals surface area contributed by atoms with Crippen molar-refractivity contribution in [2.24, 2.45) is 0 Å². The second kappa shape index (κ2) is 11.0. The van der Waals surface area contributed by atoms with E-state index in [1.54, 1.807) is 25.1 Å². The summed E-state index contributed by atoms with van der Waals surface area (Å²) < 4.78 is 28.4. The van der Waals surface area contributed by atoms with Gasteiger partial charge in [-0.05, 0) is 49.6 Å². The van der Waals surface area contributed by atoms with Crippen molar-refractivity contribution in [2.75, 3.05) is 20.3 Å². The van der Waals surface area contributed by atoms with Crippen LogP contribution in [0.1, 0.15) is 30.6 Å². The van der Waals surface area contributed by atoms with Gasteiger partial charge in [-0.1, -0.05) is 12.1 Å². The van der Waals surface area contributed by atoms with Gasteiger partial charge in [0.1, 0.15) is 18.3 Å². The maximum Gasteiger partial charge on any atom is 0.186 e. The van der Waals surface area contributed by atoms with Crippen LogP contribution in [0.2, 0.25) is 0 Å². The Morgan fingerprint density at radius 1 is 0.943 bits per heavy atom. The van der Waals surface area contributed by atoms with Crippen molar-refractivity contribution >= 4 is 0 Å². The summed E-state index contributed by atoms with van der Waals surface area (Å²) in [6.45, 7) is 1.62. The number of methoxy groups -OCH3 is 1. The number of phenols is 1. The zero-order valence-electron chi connectivity index (χ0n) is 19.6. The molecule has 0 bridgehead atoms. The van der Waals surface area contributed by atoms with Gasteiger partial charge < -0.3 is 49.2 Å². The summed E-state index contributed by atoms with van der Waals surface area (Å²) in [5, 5.41) is 49.4. The van der Waals surface area contributed by atoms with Crippen molar-refractivity contribution in [1.29, 1.82) is 0 Å². The highest BCUT2D eigenvalue weighted by atomic mass is 16.7. The first-order valence-electron chi connectivity index (χ1n) is 11.6. The Morgan fingerprint density at radius 2 is 1.74 bits per heavy atom. The number of hydrogen-bond donors (Lipinski definition) is 5. The third kappa shape index (κ3) is 5.48. The van der Waals surface area contributed by atoms with E-state index in [9.17, 15) is 25.5 Å². The molecule has 0 spiro atoms. The standard InChI is InChI=1S/C25H32O10/c1-13-21(28)22(29)23(30)25(33-13)32-9-3-4-14-5-8-17-19(10-14)35-24(20(12-26)34-17)15-6-7-16(27)18(11-15)31-2/h5-8,10-11,13,20-30H,3-4,9,12H2,1-2H3/t13-,20-,21-,22+,23+,24-,25-/m0/s1. The molecule has 2 aromatic carbocycles. The second-order valence-electron chi connectivity index (χ2n) is 8.75. The Labute approximate surface area is 203 Å². The van der Waals surface area contributed by atoms with Crippen LogP contribution in [0.3, 0.4) is 0 Å². The number of fused-ring (bicyclic) bond motifs is 1. The normalized spacial score (nSPS) is 30.2. The van der Waals surface area contributed by atoms with Crippen LogP contribution in [0, 0.1) is 0 Å². The lowest BCUT2D eigenvalue weighted by Crippen LogP contribution is -2.57. The van der Waals surface area contributed by atoms with E-state index in [-0.39, 0.29) is 19.0 Å². The van der Waals surface area contributed by atoms with Crippen LogP contribution in [0.25, 0.3) is 0 Å². The molecular formula is C25H32O10. The molecule has 2 aromatic rings. The Bertz CT molecular complexity index is 998. The van der Waals surface area contributed by atoms with Crippen molar-refractivity contribution in [3.63, 3.8) is 0 Å². The highest BCUT2D eigenvalue weighted by Crippen LogP contribution is 2.41. The summed E-state index contributed by atoms with van der Waals surface area (Å²) >= 11 is 0. The third-order valence-corrected chi connectivity index (χ3v) is 6.29. The Hall–Kier alpha value is -2.60. The topological polar surface area (TPSA) is 147 Å². The molecule has 0 aliphatic carbocycles. The SMILES string of the molecule is COc1cc([C@@H]2Oc3cc(CCCO[C@H]4O[C@@H](C)[C@H](O)[C@@H](O)[C@H]4O)ccc3O[C@H]2CO)ccc1O. The summed E-state index contributed by atoms with van der Waals surface area (Å²) in [4.78, 5) is 0. The highest BCUT2D eigenvalue weighted by Gasteiger charge is 2.42. The number of phenolic OH excluding ortho intramolecular Hbond substituents is 1. The molecule has 0 aromatic heterocycles. The van der Waals surface area contributed by atoms with Gasteiger partial charge in [0.2, 0.25) is 0 Å². The fourth-order valence-corrected chi connectivity index (χ4v) is 4.25. The minimum Gasteiger partial charge on any atom is -0.504 e. The second-order valence-corrected chi connectivity index (χ2v) is 8.75. The van der Waals surface area contributed by atoms with Crippen molar-refractivity contribution in [1.82, 2.24) is 0 Å². The Balaban J connectivity index is 1.38. The Morgan fingerprint density at radius 3 is 2.49 bits per heavy atom. The largest absolute Gasteiger partial charge is 0.504 e. The first-order valence-corrected chi connectivity index (χ1v) is 11.6. The van der Waals surface area contributed by atoms with Gasteiger partial charge in [-0.3, -0.25) is 0 Å². The molecule has 0 radical (unpaired) electrons. The lowest BCUT2D eigenvalue weighted by molar-refractivity contribution is -0.293. The molecule has 2 heterocycles. The molecular weight excluding hydrogens is 460 g/mol. The summed E-state index contributed by atoms with van der Waals surface area (Å²) in [6.07, 6.45) is -5.47. The van der Waals surface area contributed by atoms with E-state index in [1.165, 1.54) is 13.2 Å². The average Bonchev–Trinajstić information content (AvgIpc) is 2.87. The van der Waals surface area contributed by atoms with Gasteiger partial charge in [-0.2, -0.15) is 0 Å². The fourth-order valence-electron chi connectivity index (χ4n) is 4.25. The number of aliphatic hydroxyl groups excluding tert-OH is 4. The maximum atomic E-state index is 10.1. The molecule has 4 rings (SSSR count). The van der Waals surface area contributed by atoms with Gasteiger partial charge in [0.05, 0.1) is 26.4 Å². The van der Waals surface area contributed by atoms with Crippen LogP contribution in [0.15, 0.2) is 36.4 Å². The number of rotatable bonds is 8. The fraction of sp³-hybridized carbons (Fsp3) is 0.520. The molecule has 0 saturated carbocycles. The van der Waals surface area contributed by atoms with Crippen molar-refractivity contribution < 1.29 is 49.2 Å². The van der Waals surface area contributed by atoms with Crippen LogP contribution >= 0.6 is 0 Å². The van der Waals surface area contributed by atoms with Crippen molar-refractivity contribution in [3.05, 3.63) is 47.5 Å². The van der Waals surface area contributed by atoms with Crippen LogP contribution in [0.5, 0.6) is 23.0 Å². The number of hydrogen-bond acceptors (Lipinski definition) is 10. The quantitative estimate of drug-likeness (QED) is 0.339. The van der Waals surface area contributed by atoms with Gasteiger partial charge in [0.25, 0.3) is 0 Å². The molecule has 1 saturated heterocycles. The molecule has 192 valence electrons. The zero-order chi connectivity index (χ0) is 25.1. The molecule has 0 amide bonds. The summed E-state index contributed by atoms with van der Waals surface area (Å²) in [5.41, 5.74) is 1.66. The van der Waals surface area contributed by atoms with E-state index in [2.05, 4.69) is 0 Å². The van der Waals surface area contributed by atoms with Crippen LogP contribution in [-0.2, 0) is 15.9 Å². The van der Waals surface area contributed by atoms with Gasteiger partial charge in [-0.15, -0.1) is 0 Å². The average molecular weight is 493 g/mol. The van der Waals surface area contributed by atoms with Gasteiger partial charge >= 0.3 is 0 Å². The Kier molecular flexibility index (Phi) is 8.00. The monoisotopic (exact) mass is 492 g/mol. The molecule has 10 nitrogen and oxygen atoms in total. The predicted molar refractivity (Wildman–Crippen MR) is 123 cm³/mol. The zero-order valence-corrected chi connectivity index (χ0v) is 19.6. The molecule has 2 aliphatic rings. The lowest BCUT2D eigenvalue weighted by Gasteiger charge is -2.38. The molecule has 0 unspecified atom stereocenters. The summed E-state index contributed by atoms with van der Waals surface area (Å²) in [5.74, 6) is 1.35. The first kappa shape index (κ1) is 25.5. The van der Waals surface area contributed by atoms with Gasteiger partial charge in [-0.25, -0.2) is 0 Å². The number of ether oxygens (including phenoxy) is 5. The van der Waals surface area contributed by atoms with E-state index >= 15 is 0 Å².